The number of aromatic amines is 1. The van der Waals surface area contributed by atoms with Gasteiger partial charge < -0.3 is 9.55 Å². The van der Waals surface area contributed by atoms with E-state index < -0.39 is 29.6 Å². The second-order valence-corrected chi connectivity index (χ2v) is 11.8. The lowest BCUT2D eigenvalue weighted by molar-refractivity contribution is 0.332. The van der Waals surface area contributed by atoms with E-state index in [1.54, 1.807) is 4.57 Å². The third kappa shape index (κ3) is 2.89. The normalized spacial score (nSPS) is 20.3. The highest BCUT2D eigenvalue weighted by molar-refractivity contribution is 6.24. The zero-order valence-electron chi connectivity index (χ0n) is 31.7. The van der Waals surface area contributed by atoms with Crippen LogP contribution in [0.1, 0.15) is 65.4 Å². The first-order valence-corrected chi connectivity index (χ1v) is 13.0. The van der Waals surface area contributed by atoms with Crippen LogP contribution in [0.5, 0.6) is 0 Å². The van der Waals surface area contributed by atoms with Gasteiger partial charge in [0.05, 0.1) is 24.7 Å². The summed E-state index contributed by atoms with van der Waals surface area (Å²) in [5.74, 6) is 0. The molecule has 0 saturated heterocycles. The molecule has 0 radical (unpaired) electrons. The summed E-state index contributed by atoms with van der Waals surface area (Å²) >= 11 is 0. The molecule has 2 nitrogen and oxygen atoms in total. The average molecular weight is 503 g/mol. The zero-order chi connectivity index (χ0) is 34.5. The maximum Gasteiger partial charge on any atom is 0.0667 e. The third-order valence-electron chi connectivity index (χ3n) is 8.40. The second kappa shape index (κ2) is 7.29. The summed E-state index contributed by atoms with van der Waals surface area (Å²) in [7, 11) is 0. The predicted molar refractivity (Wildman–Crippen MR) is 163 cm³/mol. The van der Waals surface area contributed by atoms with Crippen LogP contribution in [0.3, 0.4) is 0 Å². The summed E-state index contributed by atoms with van der Waals surface area (Å²) in [4.78, 5) is 3.12. The molecule has 2 heterocycles. The minimum Gasteiger partial charge on any atom is -0.354 e. The molecule has 38 heavy (non-hydrogen) atoms. The molecule has 0 fully saturated rings. The number of hydrogen-bond donors (Lipinski definition) is 1. The minimum atomic E-state index is -0.516. The average Bonchev–Trinajstić information content (AvgIpc) is 3.63. The first kappa shape index (κ1) is 14.2. The van der Waals surface area contributed by atoms with E-state index in [-0.39, 0.29) is 74.2 Å². The number of benzene rings is 5. The molecule has 8 rings (SSSR count). The number of para-hydroxylation sites is 1. The Kier molecular flexibility index (Phi) is 2.73. The molecule has 0 saturated carbocycles. The third-order valence-corrected chi connectivity index (χ3v) is 8.40. The van der Waals surface area contributed by atoms with Crippen molar-refractivity contribution >= 4 is 54.4 Å². The van der Waals surface area contributed by atoms with Crippen molar-refractivity contribution in [3.8, 4) is 5.69 Å². The Labute approximate surface area is 236 Å². The fraction of sp³-hybridized carbons (Fsp3) is 0.222. The van der Waals surface area contributed by atoms with Crippen LogP contribution >= 0.6 is 0 Å². The number of aromatic nitrogens is 2. The fourth-order valence-corrected chi connectivity index (χ4v) is 6.17. The standard InChI is InChI=1S/C36H32N2/c1-35(2)16-17-36(3,4)29-20-32-26(19-28(29)35)25-18-27-31(21-33(25)38(32)23-11-6-5-7-12-23)37-30-15-14-22-10-8-9-13-24(22)34(27)30/h5-15,18-21,37H,16-17H2,1-4H3/i8D,9D,10D,13D,14D,15D,18D,19D,20D,21D. The molecule has 1 aliphatic rings. The number of hydrogen-bond acceptors (Lipinski definition) is 0. The van der Waals surface area contributed by atoms with Crippen molar-refractivity contribution in [1.29, 1.82) is 0 Å². The Morgan fingerprint density at radius 3 is 2.16 bits per heavy atom. The molecule has 1 N–H and O–H groups in total. The maximum atomic E-state index is 9.83. The quantitative estimate of drug-likeness (QED) is 0.231. The van der Waals surface area contributed by atoms with Gasteiger partial charge in [-0.3, -0.25) is 0 Å². The van der Waals surface area contributed by atoms with Crippen LogP contribution in [0.4, 0.5) is 0 Å². The molecule has 0 spiro atoms. The van der Waals surface area contributed by atoms with Gasteiger partial charge in [-0.2, -0.15) is 0 Å². The molecule has 2 heteroatoms. The Balaban J connectivity index is 1.73. The van der Waals surface area contributed by atoms with E-state index in [0.29, 0.717) is 27.5 Å². The van der Waals surface area contributed by atoms with Gasteiger partial charge in [0.1, 0.15) is 0 Å². The number of nitrogens with one attached hydrogen (secondary N) is 1. The van der Waals surface area contributed by atoms with E-state index in [9.17, 15) is 5.48 Å². The smallest absolute Gasteiger partial charge is 0.0667 e. The van der Waals surface area contributed by atoms with Crippen molar-refractivity contribution < 1.29 is 13.7 Å². The van der Waals surface area contributed by atoms with Crippen molar-refractivity contribution in [3.05, 3.63) is 102 Å². The van der Waals surface area contributed by atoms with Crippen LogP contribution in [0.2, 0.25) is 0 Å². The van der Waals surface area contributed by atoms with Crippen LogP contribution in [0.15, 0.2) is 90.8 Å². The first-order valence-electron chi connectivity index (χ1n) is 18.0. The number of H-pyrrole nitrogens is 1. The van der Waals surface area contributed by atoms with Gasteiger partial charge >= 0.3 is 0 Å². The molecule has 7 aromatic rings. The summed E-state index contributed by atoms with van der Waals surface area (Å²) in [5.41, 5.74) is 2.46. The van der Waals surface area contributed by atoms with Gasteiger partial charge in [0.2, 0.25) is 0 Å². The summed E-state index contributed by atoms with van der Waals surface area (Å²) in [6.45, 7) is 8.38. The van der Waals surface area contributed by atoms with Crippen molar-refractivity contribution in [2.24, 2.45) is 0 Å². The molecule has 0 aliphatic heterocycles. The lowest BCUT2D eigenvalue weighted by Gasteiger charge is -2.42. The largest absolute Gasteiger partial charge is 0.354 e. The Morgan fingerprint density at radius 1 is 0.684 bits per heavy atom. The van der Waals surface area contributed by atoms with Crippen LogP contribution in [0.25, 0.3) is 60.1 Å². The highest BCUT2D eigenvalue weighted by Gasteiger charge is 2.37. The molecule has 5 aromatic carbocycles. The molecule has 186 valence electrons. The molecular formula is C36H32N2. The van der Waals surface area contributed by atoms with Crippen LogP contribution in [-0.4, -0.2) is 9.55 Å². The van der Waals surface area contributed by atoms with Crippen molar-refractivity contribution in [3.63, 3.8) is 0 Å². The Bertz CT molecular complexity index is 2610. The molecule has 1 aliphatic carbocycles. The predicted octanol–water partition coefficient (Wildman–Crippen LogP) is 9.92. The van der Waals surface area contributed by atoms with E-state index >= 15 is 0 Å². The Hall–Kier alpha value is -4.04. The summed E-state index contributed by atoms with van der Waals surface area (Å²) in [6, 6.07) is 7.16. The zero-order valence-corrected chi connectivity index (χ0v) is 21.7. The van der Waals surface area contributed by atoms with Gasteiger partial charge in [-0.05, 0) is 87.9 Å². The molecule has 0 bridgehead atoms. The lowest BCUT2D eigenvalue weighted by Crippen LogP contribution is -2.33. The topological polar surface area (TPSA) is 20.7 Å². The molecule has 0 atom stereocenters. The van der Waals surface area contributed by atoms with Gasteiger partial charge in [-0.25, -0.2) is 0 Å². The molecule has 0 unspecified atom stereocenters. The van der Waals surface area contributed by atoms with Crippen LogP contribution in [0, 0.1) is 0 Å². The van der Waals surface area contributed by atoms with Crippen molar-refractivity contribution in [2.45, 2.75) is 51.4 Å². The van der Waals surface area contributed by atoms with Gasteiger partial charge in [0.15, 0.2) is 0 Å². The van der Waals surface area contributed by atoms with Gasteiger partial charge in [0, 0.05) is 38.3 Å². The number of nitrogens with zero attached hydrogens (tertiary/aromatic N) is 1. The van der Waals surface area contributed by atoms with E-state index in [2.05, 4.69) is 32.7 Å². The lowest BCUT2D eigenvalue weighted by atomic mass is 9.63. The molecular weight excluding hydrogens is 460 g/mol. The highest BCUT2D eigenvalue weighted by atomic mass is 15.0. The van der Waals surface area contributed by atoms with E-state index in [1.807, 2.05) is 30.3 Å². The fourth-order valence-electron chi connectivity index (χ4n) is 6.17. The first-order chi connectivity index (χ1) is 22.5. The van der Waals surface area contributed by atoms with E-state index in [1.165, 1.54) is 0 Å². The van der Waals surface area contributed by atoms with Crippen LogP contribution < -0.4 is 0 Å². The van der Waals surface area contributed by atoms with E-state index in [4.69, 9.17) is 8.22 Å². The SMILES string of the molecule is [2H]c1c([2H])c([2H])c2c(c1[2H])c([2H])c([2H])c1[nH]c3c([2H])c4c(c([2H])c3c12)c1c([2H])c2c(c([2H])c1n4-c1ccccc1)C(C)(C)CCC2(C)C. The summed E-state index contributed by atoms with van der Waals surface area (Å²) in [5, 5.41) is 0.919. The Morgan fingerprint density at radius 2 is 1.37 bits per heavy atom. The monoisotopic (exact) mass is 502 g/mol. The minimum absolute atomic E-state index is 0.00911. The molecule has 2 aromatic heterocycles. The van der Waals surface area contributed by atoms with Crippen molar-refractivity contribution in [2.75, 3.05) is 0 Å². The summed E-state index contributed by atoms with van der Waals surface area (Å²) in [6.07, 6.45) is 1.65. The molecule has 0 amide bonds. The second-order valence-electron chi connectivity index (χ2n) is 11.8. The van der Waals surface area contributed by atoms with Gasteiger partial charge in [0.25, 0.3) is 0 Å². The maximum absolute atomic E-state index is 9.83. The number of rotatable bonds is 1. The van der Waals surface area contributed by atoms with Gasteiger partial charge in [-0.15, -0.1) is 0 Å². The van der Waals surface area contributed by atoms with Crippen molar-refractivity contribution in [1.82, 2.24) is 9.55 Å². The number of fused-ring (bicyclic) bond motifs is 9. The van der Waals surface area contributed by atoms with E-state index in [0.717, 1.165) is 24.0 Å². The van der Waals surface area contributed by atoms with Crippen LogP contribution in [-0.2, 0) is 10.8 Å². The van der Waals surface area contributed by atoms with Gasteiger partial charge in [-0.1, -0.05) is 76.1 Å². The summed E-state index contributed by atoms with van der Waals surface area (Å²) < 4.78 is 92.6. The highest BCUT2D eigenvalue weighted by Crippen LogP contribution is 2.49.